The molecule has 0 atom stereocenters. The van der Waals surface area contributed by atoms with Crippen molar-refractivity contribution >= 4 is 21.5 Å². The molecule has 4 aromatic rings. The van der Waals surface area contributed by atoms with E-state index >= 15 is 8.78 Å². The predicted molar refractivity (Wildman–Crippen MR) is 154 cm³/mol. The number of hydrogen-bond acceptors (Lipinski definition) is 1. The van der Waals surface area contributed by atoms with Gasteiger partial charge < -0.3 is 4.74 Å². The molecule has 5 rings (SSSR count). The molecule has 9 heteroatoms. The monoisotopic (exact) mass is 618 g/mol. The fourth-order valence-corrected chi connectivity index (χ4v) is 6.07. The SMILES string of the molecule is CCCCCC1CCC(c2ccc3cc(C(F)(F)Oc4cc(F)c5c(F)c(C#CC(F)(F)F)c(F)cc5c4)ccc3c2)CC1. The predicted octanol–water partition coefficient (Wildman–Crippen LogP) is 11.3. The van der Waals surface area contributed by atoms with Crippen LogP contribution in [0.15, 0.2) is 54.6 Å². The normalized spacial score (nSPS) is 17.5. The summed E-state index contributed by atoms with van der Waals surface area (Å²) >= 11 is 0. The quantitative estimate of drug-likeness (QED) is 0.108. The lowest BCUT2D eigenvalue weighted by Gasteiger charge is -2.29. The molecule has 1 aliphatic rings. The smallest absolute Gasteiger partial charge is 0.429 e. The van der Waals surface area contributed by atoms with Gasteiger partial charge in [0, 0.05) is 12.0 Å². The lowest BCUT2D eigenvalue weighted by atomic mass is 9.77. The number of ether oxygens (including phenoxy) is 1. The van der Waals surface area contributed by atoms with Crippen LogP contribution in [0.3, 0.4) is 0 Å². The molecule has 1 saturated carbocycles. The van der Waals surface area contributed by atoms with Crippen molar-refractivity contribution in [3.8, 4) is 17.6 Å². The molecular formula is C35H30F8O. The van der Waals surface area contributed by atoms with Crippen molar-refractivity contribution in [1.29, 1.82) is 0 Å². The van der Waals surface area contributed by atoms with Crippen molar-refractivity contribution in [2.75, 3.05) is 0 Å². The van der Waals surface area contributed by atoms with E-state index in [1.54, 1.807) is 12.1 Å². The van der Waals surface area contributed by atoms with E-state index in [2.05, 4.69) is 6.92 Å². The minimum absolute atomic E-state index is 0.427. The Morgan fingerprint density at radius 3 is 2.18 bits per heavy atom. The van der Waals surface area contributed by atoms with E-state index < -0.39 is 57.4 Å². The average molecular weight is 619 g/mol. The summed E-state index contributed by atoms with van der Waals surface area (Å²) in [5, 5.41) is -0.0761. The van der Waals surface area contributed by atoms with Gasteiger partial charge in [-0.25, -0.2) is 13.2 Å². The standard InChI is InChI=1S/C35H30F8O/c1-2-3-4-5-21-6-8-22(9-7-21)23-10-11-25-17-27(13-12-24(25)16-23)35(42,43)44-28-18-26-19-30(36)29(14-15-34(39,40)41)33(38)32(26)31(37)20-28/h10-13,16-22H,2-9H2,1H3. The highest BCUT2D eigenvalue weighted by Gasteiger charge is 2.35. The van der Waals surface area contributed by atoms with E-state index in [4.69, 9.17) is 4.74 Å². The van der Waals surface area contributed by atoms with Gasteiger partial charge in [0.25, 0.3) is 0 Å². The zero-order chi connectivity index (χ0) is 31.6. The van der Waals surface area contributed by atoms with E-state index in [1.165, 1.54) is 62.1 Å². The summed E-state index contributed by atoms with van der Waals surface area (Å²) in [5.74, 6) is -2.10. The molecule has 0 radical (unpaired) electrons. The second-order valence-corrected chi connectivity index (χ2v) is 11.5. The Labute approximate surface area is 250 Å². The van der Waals surface area contributed by atoms with Crippen LogP contribution in [0.4, 0.5) is 35.1 Å². The number of unbranched alkanes of at least 4 members (excludes halogenated alkanes) is 2. The van der Waals surface area contributed by atoms with Crippen LogP contribution in [0.5, 0.6) is 5.75 Å². The third-order valence-corrected chi connectivity index (χ3v) is 8.36. The molecule has 0 bridgehead atoms. The lowest BCUT2D eigenvalue weighted by Crippen LogP contribution is -2.22. The third-order valence-electron chi connectivity index (χ3n) is 8.36. The molecule has 4 aromatic carbocycles. The number of hydrogen-bond donors (Lipinski definition) is 0. The maximum Gasteiger partial charge on any atom is 0.458 e. The van der Waals surface area contributed by atoms with Gasteiger partial charge in [-0.05, 0) is 83.5 Å². The largest absolute Gasteiger partial charge is 0.458 e. The highest BCUT2D eigenvalue weighted by molar-refractivity contribution is 5.87. The number of rotatable bonds is 8. The van der Waals surface area contributed by atoms with E-state index in [9.17, 15) is 26.3 Å². The van der Waals surface area contributed by atoms with Gasteiger partial charge in [-0.15, -0.1) is 0 Å². The summed E-state index contributed by atoms with van der Waals surface area (Å²) in [7, 11) is 0. The van der Waals surface area contributed by atoms with Crippen molar-refractivity contribution in [3.63, 3.8) is 0 Å². The summed E-state index contributed by atoms with van der Waals surface area (Å²) in [6, 6.07) is 11.6. The second-order valence-electron chi connectivity index (χ2n) is 11.5. The minimum Gasteiger partial charge on any atom is -0.429 e. The molecule has 232 valence electrons. The number of fused-ring (bicyclic) bond motifs is 2. The third kappa shape index (κ3) is 7.11. The molecular weight excluding hydrogens is 588 g/mol. The van der Waals surface area contributed by atoms with Crippen LogP contribution in [-0.4, -0.2) is 6.18 Å². The summed E-state index contributed by atoms with van der Waals surface area (Å²) in [5.41, 5.74) is -0.623. The highest BCUT2D eigenvalue weighted by atomic mass is 19.4. The molecule has 0 amide bonds. The van der Waals surface area contributed by atoms with Gasteiger partial charge in [0.15, 0.2) is 5.82 Å². The summed E-state index contributed by atoms with van der Waals surface area (Å²) in [6.07, 6.45) is 0.639. The van der Waals surface area contributed by atoms with E-state index in [0.717, 1.165) is 36.1 Å². The maximum absolute atomic E-state index is 15.2. The minimum atomic E-state index is -5.03. The molecule has 0 aliphatic heterocycles. The highest BCUT2D eigenvalue weighted by Crippen LogP contribution is 2.40. The maximum atomic E-state index is 15.2. The van der Waals surface area contributed by atoms with Gasteiger partial charge >= 0.3 is 12.3 Å². The molecule has 0 aromatic heterocycles. The van der Waals surface area contributed by atoms with Crippen LogP contribution >= 0.6 is 0 Å². The first-order chi connectivity index (χ1) is 20.8. The van der Waals surface area contributed by atoms with Crippen LogP contribution in [0.2, 0.25) is 0 Å². The van der Waals surface area contributed by atoms with Crippen LogP contribution in [0, 0.1) is 35.2 Å². The van der Waals surface area contributed by atoms with Crippen molar-refractivity contribution in [2.24, 2.45) is 5.92 Å². The van der Waals surface area contributed by atoms with Crippen LogP contribution in [-0.2, 0) is 6.11 Å². The number of benzene rings is 4. The average Bonchev–Trinajstić information content (AvgIpc) is 2.96. The molecule has 0 saturated heterocycles. The zero-order valence-corrected chi connectivity index (χ0v) is 23.9. The summed E-state index contributed by atoms with van der Waals surface area (Å²) in [6.45, 7) is 2.20. The van der Waals surface area contributed by atoms with Crippen molar-refractivity contribution in [3.05, 3.63) is 88.7 Å². The van der Waals surface area contributed by atoms with Gasteiger partial charge in [0.05, 0.1) is 16.5 Å². The molecule has 1 fully saturated rings. The Balaban J connectivity index is 1.34. The second kappa shape index (κ2) is 12.7. The first kappa shape index (κ1) is 31.6. The van der Waals surface area contributed by atoms with Gasteiger partial charge in [0.1, 0.15) is 17.4 Å². The van der Waals surface area contributed by atoms with Gasteiger partial charge in [0.2, 0.25) is 0 Å². The Kier molecular flexibility index (Phi) is 9.10. The Bertz CT molecular complexity index is 1720. The van der Waals surface area contributed by atoms with Crippen molar-refractivity contribution < 1.29 is 39.9 Å². The topological polar surface area (TPSA) is 9.23 Å². The number of alkyl halides is 5. The number of halogens is 8. The zero-order valence-electron chi connectivity index (χ0n) is 23.9. The van der Waals surface area contributed by atoms with Crippen molar-refractivity contribution in [2.45, 2.75) is 76.5 Å². The lowest BCUT2D eigenvalue weighted by molar-refractivity contribution is -0.185. The Hall–Kier alpha value is -3.80. The van der Waals surface area contributed by atoms with Gasteiger partial charge in [-0.2, -0.15) is 22.0 Å². The summed E-state index contributed by atoms with van der Waals surface area (Å²) < 4.78 is 116. The fraction of sp³-hybridized carbons (Fsp3) is 0.371. The molecule has 0 N–H and O–H groups in total. The summed E-state index contributed by atoms with van der Waals surface area (Å²) in [4.78, 5) is 0. The Morgan fingerprint density at radius 1 is 0.773 bits per heavy atom. The van der Waals surface area contributed by atoms with E-state index in [-0.39, 0.29) is 0 Å². The van der Waals surface area contributed by atoms with Gasteiger partial charge in [-0.1, -0.05) is 62.8 Å². The van der Waals surface area contributed by atoms with E-state index in [1.807, 2.05) is 12.1 Å². The first-order valence-electron chi connectivity index (χ1n) is 14.7. The molecule has 1 nitrogen and oxygen atoms in total. The molecule has 0 unspecified atom stereocenters. The molecule has 0 spiro atoms. The van der Waals surface area contributed by atoms with Crippen LogP contribution in [0.1, 0.15) is 80.9 Å². The van der Waals surface area contributed by atoms with Crippen molar-refractivity contribution in [1.82, 2.24) is 0 Å². The first-order valence-corrected chi connectivity index (χ1v) is 14.7. The molecule has 44 heavy (non-hydrogen) atoms. The Morgan fingerprint density at radius 2 is 1.48 bits per heavy atom. The van der Waals surface area contributed by atoms with Gasteiger partial charge in [-0.3, -0.25) is 0 Å². The molecule has 0 heterocycles. The van der Waals surface area contributed by atoms with E-state index in [0.29, 0.717) is 23.4 Å². The van der Waals surface area contributed by atoms with Crippen LogP contribution < -0.4 is 4.74 Å². The van der Waals surface area contributed by atoms with Crippen LogP contribution in [0.25, 0.3) is 21.5 Å². The fourth-order valence-electron chi connectivity index (χ4n) is 6.07. The molecule has 1 aliphatic carbocycles.